The van der Waals surface area contributed by atoms with Gasteiger partial charge < -0.3 is 10.1 Å². The van der Waals surface area contributed by atoms with Crippen molar-refractivity contribution in [3.63, 3.8) is 0 Å². The van der Waals surface area contributed by atoms with E-state index in [9.17, 15) is 13.2 Å². The van der Waals surface area contributed by atoms with Gasteiger partial charge in [0.2, 0.25) is 0 Å². The Balaban J connectivity index is 2.18. The van der Waals surface area contributed by atoms with Crippen LogP contribution in [0.4, 0.5) is 24.7 Å². The molecule has 2 rings (SSSR count). The van der Waals surface area contributed by atoms with Gasteiger partial charge in [-0.3, -0.25) is 0 Å². The quantitative estimate of drug-likeness (QED) is 0.931. The maximum Gasteiger partial charge on any atom is 0.387 e. The van der Waals surface area contributed by atoms with Crippen LogP contribution in [0.15, 0.2) is 36.4 Å². The van der Waals surface area contributed by atoms with Gasteiger partial charge in [0.25, 0.3) is 0 Å². The molecule has 1 aromatic heterocycles. The molecule has 0 radical (unpaired) electrons. The highest BCUT2D eigenvalue weighted by Crippen LogP contribution is 2.24. The molecule has 0 aliphatic heterocycles. The molecule has 0 spiro atoms. The van der Waals surface area contributed by atoms with E-state index >= 15 is 0 Å². The summed E-state index contributed by atoms with van der Waals surface area (Å²) in [6.07, 6.45) is 0. The summed E-state index contributed by atoms with van der Waals surface area (Å²) in [5, 5.41) is 11.5. The summed E-state index contributed by atoms with van der Waals surface area (Å²) in [4.78, 5) is 3.94. The zero-order chi connectivity index (χ0) is 14.5. The molecule has 0 amide bonds. The predicted molar refractivity (Wildman–Crippen MR) is 65.3 cm³/mol. The van der Waals surface area contributed by atoms with Gasteiger partial charge in [0.05, 0.1) is 0 Å². The van der Waals surface area contributed by atoms with Gasteiger partial charge in [-0.15, -0.1) is 0 Å². The number of nitriles is 1. The van der Waals surface area contributed by atoms with E-state index in [0.29, 0.717) is 11.5 Å². The van der Waals surface area contributed by atoms with Crippen molar-refractivity contribution in [2.45, 2.75) is 6.61 Å². The van der Waals surface area contributed by atoms with Crippen LogP contribution >= 0.6 is 0 Å². The Morgan fingerprint density at radius 3 is 2.70 bits per heavy atom. The lowest BCUT2D eigenvalue weighted by Gasteiger charge is -2.09. The average molecular weight is 279 g/mol. The summed E-state index contributed by atoms with van der Waals surface area (Å²) in [5.74, 6) is -1.12. The summed E-state index contributed by atoms with van der Waals surface area (Å²) < 4.78 is 41.5. The largest absolute Gasteiger partial charge is 0.432 e. The zero-order valence-electron chi connectivity index (χ0n) is 9.98. The van der Waals surface area contributed by atoms with E-state index in [4.69, 9.17) is 5.26 Å². The molecule has 0 saturated heterocycles. The minimum Gasteiger partial charge on any atom is -0.432 e. The van der Waals surface area contributed by atoms with Crippen molar-refractivity contribution >= 4 is 11.5 Å². The Morgan fingerprint density at radius 1 is 1.25 bits per heavy atom. The van der Waals surface area contributed by atoms with Crippen LogP contribution < -0.4 is 10.1 Å². The molecule has 0 unspecified atom stereocenters. The summed E-state index contributed by atoms with van der Waals surface area (Å²) in [5.41, 5.74) is 0.500. The lowest BCUT2D eigenvalue weighted by molar-refractivity contribution is -0.0521. The highest BCUT2D eigenvalue weighted by atomic mass is 19.3. The lowest BCUT2D eigenvalue weighted by Crippen LogP contribution is -2.04. The topological polar surface area (TPSA) is 57.9 Å². The molecule has 0 aliphatic carbocycles. The van der Waals surface area contributed by atoms with Gasteiger partial charge in [-0.1, -0.05) is 6.07 Å². The Hall–Kier alpha value is -2.75. The van der Waals surface area contributed by atoms with Crippen LogP contribution in [0.25, 0.3) is 0 Å². The van der Waals surface area contributed by atoms with Crippen molar-refractivity contribution in [1.29, 1.82) is 5.26 Å². The molecule has 0 aliphatic rings. The number of nitrogens with one attached hydrogen (secondary N) is 1. The standard InChI is InChI=1S/C13H8F3N3O/c14-10-6-8(4-5-11(10)20-13(15)16)18-12-3-1-2-9(7-17)19-12/h1-6,13H,(H,18,19). The summed E-state index contributed by atoms with van der Waals surface area (Å²) >= 11 is 0. The second kappa shape index (κ2) is 5.93. The molecule has 0 saturated carbocycles. The third-order valence-corrected chi connectivity index (χ3v) is 2.28. The van der Waals surface area contributed by atoms with E-state index in [2.05, 4.69) is 15.0 Å². The number of anilines is 2. The first-order valence-corrected chi connectivity index (χ1v) is 5.47. The molecule has 20 heavy (non-hydrogen) atoms. The number of hydrogen-bond donors (Lipinski definition) is 1. The number of ether oxygens (including phenoxy) is 1. The number of alkyl halides is 2. The third kappa shape index (κ3) is 3.38. The maximum atomic E-state index is 13.5. The first kappa shape index (κ1) is 13.7. The Morgan fingerprint density at radius 2 is 2.05 bits per heavy atom. The van der Waals surface area contributed by atoms with E-state index in [-0.39, 0.29) is 5.69 Å². The summed E-state index contributed by atoms with van der Waals surface area (Å²) in [6, 6.07) is 10.0. The molecule has 4 nitrogen and oxygen atoms in total. The number of benzene rings is 1. The highest BCUT2D eigenvalue weighted by Gasteiger charge is 2.10. The van der Waals surface area contributed by atoms with Crippen molar-refractivity contribution in [2.75, 3.05) is 5.32 Å². The van der Waals surface area contributed by atoms with Crippen molar-refractivity contribution in [2.24, 2.45) is 0 Å². The van der Waals surface area contributed by atoms with Crippen molar-refractivity contribution in [1.82, 2.24) is 4.98 Å². The highest BCUT2D eigenvalue weighted by molar-refractivity contribution is 5.57. The molecule has 102 valence electrons. The van der Waals surface area contributed by atoms with E-state index in [1.165, 1.54) is 12.1 Å². The second-order valence-electron chi connectivity index (χ2n) is 3.67. The van der Waals surface area contributed by atoms with Crippen LogP contribution in [-0.4, -0.2) is 11.6 Å². The minimum atomic E-state index is -3.09. The SMILES string of the molecule is N#Cc1cccc(Nc2ccc(OC(F)F)c(F)c2)n1. The minimum absolute atomic E-state index is 0.202. The summed E-state index contributed by atoms with van der Waals surface area (Å²) in [7, 11) is 0. The number of nitrogens with zero attached hydrogens (tertiary/aromatic N) is 2. The van der Waals surface area contributed by atoms with Crippen LogP contribution in [0.3, 0.4) is 0 Å². The molecular formula is C13H8F3N3O. The van der Waals surface area contributed by atoms with Gasteiger partial charge in [0.1, 0.15) is 17.6 Å². The number of pyridine rings is 1. The van der Waals surface area contributed by atoms with Gasteiger partial charge >= 0.3 is 6.61 Å². The number of aromatic nitrogens is 1. The molecule has 1 aromatic carbocycles. The van der Waals surface area contributed by atoms with Crippen LogP contribution in [0.2, 0.25) is 0 Å². The maximum absolute atomic E-state index is 13.5. The molecule has 0 atom stereocenters. The number of rotatable bonds is 4. The van der Waals surface area contributed by atoms with Crippen LogP contribution in [-0.2, 0) is 0 Å². The van der Waals surface area contributed by atoms with E-state index in [1.54, 1.807) is 12.1 Å². The molecule has 1 heterocycles. The van der Waals surface area contributed by atoms with Gasteiger partial charge in [-0.25, -0.2) is 9.37 Å². The molecular weight excluding hydrogens is 271 g/mol. The second-order valence-corrected chi connectivity index (χ2v) is 3.67. The smallest absolute Gasteiger partial charge is 0.387 e. The summed E-state index contributed by atoms with van der Waals surface area (Å²) in [6.45, 7) is -3.09. The third-order valence-electron chi connectivity index (χ3n) is 2.28. The number of hydrogen-bond acceptors (Lipinski definition) is 4. The van der Waals surface area contributed by atoms with Gasteiger partial charge in [0, 0.05) is 11.8 Å². The van der Waals surface area contributed by atoms with Crippen LogP contribution in [0.1, 0.15) is 5.69 Å². The predicted octanol–water partition coefficient (Wildman–Crippen LogP) is 3.44. The first-order chi connectivity index (χ1) is 9.58. The Bertz CT molecular complexity index is 656. The van der Waals surface area contributed by atoms with Crippen molar-refractivity contribution in [3.8, 4) is 11.8 Å². The molecule has 1 N–H and O–H groups in total. The van der Waals surface area contributed by atoms with Gasteiger partial charge in [-0.2, -0.15) is 14.0 Å². The fourth-order valence-corrected chi connectivity index (χ4v) is 1.48. The van der Waals surface area contributed by atoms with Crippen LogP contribution in [0, 0.1) is 17.1 Å². The number of halogens is 3. The molecule has 0 fully saturated rings. The van der Waals surface area contributed by atoms with Gasteiger partial charge in [-0.05, 0) is 24.3 Å². The normalized spacial score (nSPS) is 10.2. The molecule has 2 aromatic rings. The van der Waals surface area contributed by atoms with E-state index in [0.717, 1.165) is 12.1 Å². The lowest BCUT2D eigenvalue weighted by atomic mass is 10.3. The average Bonchev–Trinajstić information content (AvgIpc) is 2.42. The van der Waals surface area contributed by atoms with Crippen molar-refractivity contribution < 1.29 is 17.9 Å². The van der Waals surface area contributed by atoms with Crippen LogP contribution in [0.5, 0.6) is 5.75 Å². The molecule has 7 heteroatoms. The van der Waals surface area contributed by atoms with Gasteiger partial charge in [0.15, 0.2) is 11.6 Å². The zero-order valence-corrected chi connectivity index (χ0v) is 9.98. The monoisotopic (exact) mass is 279 g/mol. The molecule has 0 bridgehead atoms. The van der Waals surface area contributed by atoms with E-state index in [1.807, 2.05) is 6.07 Å². The Kier molecular flexibility index (Phi) is 4.05. The fourth-order valence-electron chi connectivity index (χ4n) is 1.48. The van der Waals surface area contributed by atoms with E-state index < -0.39 is 18.2 Å². The van der Waals surface area contributed by atoms with Crippen molar-refractivity contribution in [3.05, 3.63) is 47.9 Å². The Labute approximate surface area is 112 Å². The first-order valence-electron chi connectivity index (χ1n) is 5.47. The fraction of sp³-hybridized carbons (Fsp3) is 0.0769.